The molecule has 0 saturated carbocycles. The zero-order valence-corrected chi connectivity index (χ0v) is 8.74. The third-order valence-electron chi connectivity index (χ3n) is 2.24. The summed E-state index contributed by atoms with van der Waals surface area (Å²) in [6, 6.07) is 7.77. The van der Waals surface area contributed by atoms with Gasteiger partial charge in [-0.3, -0.25) is 5.10 Å². The number of hydrogen-bond donors (Lipinski definition) is 2. The Labute approximate surface area is 88.1 Å². The van der Waals surface area contributed by atoms with E-state index in [4.69, 9.17) is 10.5 Å². The van der Waals surface area contributed by atoms with Crippen LogP contribution in [0.25, 0.3) is 11.3 Å². The number of methoxy groups -OCH3 is 1. The smallest absolute Gasteiger partial charge is 0.145 e. The molecule has 0 radical (unpaired) electrons. The highest BCUT2D eigenvalue weighted by atomic mass is 16.5. The average molecular weight is 203 g/mol. The molecule has 3 N–H and O–H groups in total. The first kappa shape index (κ1) is 9.58. The van der Waals surface area contributed by atoms with Crippen molar-refractivity contribution < 1.29 is 4.74 Å². The van der Waals surface area contributed by atoms with Crippen LogP contribution in [0, 0.1) is 6.92 Å². The number of ether oxygens (including phenoxy) is 1. The van der Waals surface area contributed by atoms with Crippen LogP contribution in [0.5, 0.6) is 5.75 Å². The molecule has 1 heterocycles. The minimum absolute atomic E-state index is 0.479. The van der Waals surface area contributed by atoms with Gasteiger partial charge in [-0.15, -0.1) is 0 Å². The minimum Gasteiger partial charge on any atom is -0.496 e. The van der Waals surface area contributed by atoms with E-state index in [2.05, 4.69) is 10.2 Å². The third-order valence-corrected chi connectivity index (χ3v) is 2.24. The second-order valence-electron chi connectivity index (χ2n) is 3.41. The Bertz CT molecular complexity index is 476. The van der Waals surface area contributed by atoms with Crippen molar-refractivity contribution in [3.05, 3.63) is 29.8 Å². The molecule has 1 aromatic carbocycles. The predicted molar refractivity (Wildman–Crippen MR) is 59.7 cm³/mol. The van der Waals surface area contributed by atoms with Crippen molar-refractivity contribution in [1.82, 2.24) is 10.2 Å². The number of benzene rings is 1. The number of aromatic nitrogens is 2. The number of nitrogens with one attached hydrogen (secondary N) is 1. The van der Waals surface area contributed by atoms with Gasteiger partial charge in [-0.2, -0.15) is 5.10 Å². The van der Waals surface area contributed by atoms with Gasteiger partial charge in [0.05, 0.1) is 12.8 Å². The number of nitrogen functional groups attached to an aromatic ring is 1. The SMILES string of the molecule is COc1cc(C)ccc1-c1cc(N)n[nH]1. The molecule has 15 heavy (non-hydrogen) atoms. The van der Waals surface area contributed by atoms with Gasteiger partial charge < -0.3 is 10.5 Å². The van der Waals surface area contributed by atoms with E-state index in [1.165, 1.54) is 0 Å². The van der Waals surface area contributed by atoms with E-state index < -0.39 is 0 Å². The third kappa shape index (κ3) is 1.79. The summed E-state index contributed by atoms with van der Waals surface area (Å²) in [6.07, 6.45) is 0. The largest absolute Gasteiger partial charge is 0.496 e. The van der Waals surface area contributed by atoms with Crippen LogP contribution in [-0.2, 0) is 0 Å². The fourth-order valence-electron chi connectivity index (χ4n) is 1.50. The molecule has 1 aromatic heterocycles. The molecule has 0 saturated heterocycles. The Morgan fingerprint density at radius 2 is 2.13 bits per heavy atom. The number of aromatic amines is 1. The highest BCUT2D eigenvalue weighted by molar-refractivity contribution is 5.69. The Balaban J connectivity index is 2.52. The Kier molecular flexibility index (Phi) is 2.33. The first-order valence-corrected chi connectivity index (χ1v) is 4.66. The normalized spacial score (nSPS) is 10.3. The summed E-state index contributed by atoms with van der Waals surface area (Å²) in [4.78, 5) is 0. The summed E-state index contributed by atoms with van der Waals surface area (Å²) >= 11 is 0. The lowest BCUT2D eigenvalue weighted by molar-refractivity contribution is 0.416. The van der Waals surface area contributed by atoms with Crippen LogP contribution in [0.3, 0.4) is 0 Å². The molecule has 0 bridgehead atoms. The van der Waals surface area contributed by atoms with Gasteiger partial charge in [0, 0.05) is 11.6 Å². The molecule has 0 aliphatic carbocycles. The van der Waals surface area contributed by atoms with E-state index >= 15 is 0 Å². The summed E-state index contributed by atoms with van der Waals surface area (Å²) in [5.74, 6) is 1.30. The van der Waals surface area contributed by atoms with Gasteiger partial charge in [-0.1, -0.05) is 6.07 Å². The number of hydrogen-bond acceptors (Lipinski definition) is 3. The van der Waals surface area contributed by atoms with Crippen molar-refractivity contribution in [2.45, 2.75) is 6.92 Å². The number of aryl methyl sites for hydroxylation is 1. The van der Waals surface area contributed by atoms with Crippen LogP contribution in [0.2, 0.25) is 0 Å². The summed E-state index contributed by atoms with van der Waals surface area (Å²) in [6.45, 7) is 2.02. The highest BCUT2D eigenvalue weighted by Crippen LogP contribution is 2.29. The standard InChI is InChI=1S/C11H13N3O/c1-7-3-4-8(10(5-7)15-2)9-6-11(12)14-13-9/h3-6H,1-2H3,(H3,12,13,14). The van der Waals surface area contributed by atoms with Gasteiger partial charge in [0.15, 0.2) is 0 Å². The average Bonchev–Trinajstić information content (AvgIpc) is 2.64. The van der Waals surface area contributed by atoms with Crippen molar-refractivity contribution in [2.75, 3.05) is 12.8 Å². The quantitative estimate of drug-likeness (QED) is 0.784. The van der Waals surface area contributed by atoms with Crippen molar-refractivity contribution in [2.24, 2.45) is 0 Å². The molecule has 78 valence electrons. The molecule has 0 aliphatic heterocycles. The lowest BCUT2D eigenvalue weighted by Crippen LogP contribution is -1.89. The molecule has 0 atom stereocenters. The van der Waals surface area contributed by atoms with Gasteiger partial charge >= 0.3 is 0 Å². The monoisotopic (exact) mass is 203 g/mol. The van der Waals surface area contributed by atoms with Gasteiger partial charge in [0.25, 0.3) is 0 Å². The van der Waals surface area contributed by atoms with Gasteiger partial charge in [-0.25, -0.2) is 0 Å². The van der Waals surface area contributed by atoms with Crippen molar-refractivity contribution in [1.29, 1.82) is 0 Å². The fourth-order valence-corrected chi connectivity index (χ4v) is 1.50. The summed E-state index contributed by atoms with van der Waals surface area (Å²) < 4.78 is 5.30. The van der Waals surface area contributed by atoms with Crippen molar-refractivity contribution in [3.8, 4) is 17.0 Å². The molecule has 0 fully saturated rings. The Hall–Kier alpha value is -1.97. The molecule has 0 amide bonds. The summed E-state index contributed by atoms with van der Waals surface area (Å²) in [5, 5.41) is 6.75. The molecule has 2 rings (SSSR count). The maximum Gasteiger partial charge on any atom is 0.145 e. The number of rotatable bonds is 2. The van der Waals surface area contributed by atoms with Crippen molar-refractivity contribution >= 4 is 5.82 Å². The van der Waals surface area contributed by atoms with Gasteiger partial charge in [0.1, 0.15) is 11.6 Å². The van der Waals surface area contributed by atoms with E-state index in [0.717, 1.165) is 22.6 Å². The first-order valence-electron chi connectivity index (χ1n) is 4.66. The lowest BCUT2D eigenvalue weighted by atomic mass is 10.1. The molecule has 0 unspecified atom stereocenters. The van der Waals surface area contributed by atoms with E-state index in [1.54, 1.807) is 13.2 Å². The predicted octanol–water partition coefficient (Wildman–Crippen LogP) is 1.98. The molecule has 2 aromatic rings. The van der Waals surface area contributed by atoms with Crippen LogP contribution < -0.4 is 10.5 Å². The maximum absolute atomic E-state index is 5.55. The van der Waals surface area contributed by atoms with E-state index in [1.807, 2.05) is 25.1 Å². The molecular formula is C11H13N3O. The van der Waals surface area contributed by atoms with Crippen molar-refractivity contribution in [3.63, 3.8) is 0 Å². The van der Waals surface area contributed by atoms with Gasteiger partial charge in [0.2, 0.25) is 0 Å². The van der Waals surface area contributed by atoms with Crippen LogP contribution in [0.4, 0.5) is 5.82 Å². The van der Waals surface area contributed by atoms with E-state index in [9.17, 15) is 0 Å². The zero-order valence-electron chi connectivity index (χ0n) is 8.74. The van der Waals surface area contributed by atoms with Crippen LogP contribution >= 0.6 is 0 Å². The lowest BCUT2D eigenvalue weighted by Gasteiger charge is -2.07. The summed E-state index contributed by atoms with van der Waals surface area (Å²) in [5.41, 5.74) is 8.54. The zero-order chi connectivity index (χ0) is 10.8. The second-order valence-corrected chi connectivity index (χ2v) is 3.41. The van der Waals surface area contributed by atoms with E-state index in [-0.39, 0.29) is 0 Å². The van der Waals surface area contributed by atoms with Crippen LogP contribution in [0.1, 0.15) is 5.56 Å². The van der Waals surface area contributed by atoms with Gasteiger partial charge in [-0.05, 0) is 24.6 Å². The van der Waals surface area contributed by atoms with Crippen LogP contribution in [0.15, 0.2) is 24.3 Å². The summed E-state index contributed by atoms with van der Waals surface area (Å²) in [7, 11) is 1.65. The highest BCUT2D eigenvalue weighted by Gasteiger charge is 2.07. The molecule has 0 spiro atoms. The molecule has 4 heteroatoms. The fraction of sp³-hybridized carbons (Fsp3) is 0.182. The topological polar surface area (TPSA) is 63.9 Å². The maximum atomic E-state index is 5.55. The molecular weight excluding hydrogens is 190 g/mol. The number of nitrogens with two attached hydrogens (primary N) is 1. The second kappa shape index (κ2) is 3.65. The minimum atomic E-state index is 0.479. The van der Waals surface area contributed by atoms with Crippen LogP contribution in [-0.4, -0.2) is 17.3 Å². The Morgan fingerprint density at radius 1 is 1.33 bits per heavy atom. The molecule has 4 nitrogen and oxygen atoms in total. The number of anilines is 1. The number of nitrogens with zero attached hydrogens (tertiary/aromatic N) is 1. The Morgan fingerprint density at radius 3 is 2.73 bits per heavy atom. The number of H-pyrrole nitrogens is 1. The first-order chi connectivity index (χ1) is 7.20. The van der Waals surface area contributed by atoms with E-state index in [0.29, 0.717) is 5.82 Å². The molecule has 0 aliphatic rings.